The number of benzene rings is 2. The number of rotatable bonds is 3. The number of fused-ring (bicyclic) bond motifs is 1. The van der Waals surface area contributed by atoms with Crippen LogP contribution in [0.15, 0.2) is 69.0 Å². The minimum atomic E-state index is -0.249. The van der Waals surface area contributed by atoms with Crippen molar-refractivity contribution >= 4 is 51.3 Å². The van der Waals surface area contributed by atoms with Crippen LogP contribution in [0, 0.1) is 4.77 Å². The molecule has 114 valence electrons. The van der Waals surface area contributed by atoms with Crippen LogP contribution in [-0.2, 0) is 0 Å². The van der Waals surface area contributed by atoms with E-state index in [1.807, 2.05) is 48.5 Å². The first kappa shape index (κ1) is 15.6. The van der Waals surface area contributed by atoms with Crippen LogP contribution in [0.5, 0.6) is 0 Å². The summed E-state index contributed by atoms with van der Waals surface area (Å²) in [6.07, 6.45) is 3.45. The molecule has 0 bridgehead atoms. The van der Waals surface area contributed by atoms with Gasteiger partial charge in [-0.05, 0) is 51.9 Å². The maximum absolute atomic E-state index is 12.4. The van der Waals surface area contributed by atoms with Gasteiger partial charge in [0.2, 0.25) is 4.77 Å². The second-order valence-electron chi connectivity index (χ2n) is 4.78. The first-order valence-corrected chi connectivity index (χ1v) is 8.06. The number of para-hydroxylation sites is 1. The van der Waals surface area contributed by atoms with Crippen molar-refractivity contribution in [3.05, 3.63) is 79.8 Å². The molecule has 6 heteroatoms. The van der Waals surface area contributed by atoms with Gasteiger partial charge in [-0.15, -0.1) is 0 Å². The fraction of sp³-hybridized carbons (Fsp3) is 0. The Labute approximate surface area is 145 Å². The monoisotopic (exact) mass is 385 g/mol. The summed E-state index contributed by atoms with van der Waals surface area (Å²) in [7, 11) is 0. The number of nitrogens with one attached hydrogen (secondary N) is 1. The van der Waals surface area contributed by atoms with Crippen LogP contribution in [-0.4, -0.2) is 15.9 Å². The topological polar surface area (TPSA) is 50.1 Å². The molecule has 1 N–H and O–H groups in total. The van der Waals surface area contributed by atoms with Gasteiger partial charge in [0.15, 0.2) is 0 Å². The molecule has 0 aliphatic carbocycles. The average Bonchev–Trinajstić information content (AvgIpc) is 2.55. The van der Waals surface area contributed by atoms with Gasteiger partial charge in [-0.25, -0.2) is 0 Å². The first-order chi connectivity index (χ1) is 11.1. The second-order valence-corrected chi connectivity index (χ2v) is 6.08. The summed E-state index contributed by atoms with van der Waals surface area (Å²) in [5.41, 5.74) is 1.48. The van der Waals surface area contributed by atoms with E-state index in [4.69, 9.17) is 12.2 Å². The number of aromatic nitrogens is 2. The van der Waals surface area contributed by atoms with Crippen LogP contribution in [0.25, 0.3) is 17.0 Å². The van der Waals surface area contributed by atoms with Gasteiger partial charge in [0.1, 0.15) is 0 Å². The van der Waals surface area contributed by atoms with Crippen molar-refractivity contribution < 1.29 is 0 Å². The largest absolute Gasteiger partial charge is 0.330 e. The molecule has 0 atom stereocenters. The molecule has 0 amide bonds. The Morgan fingerprint density at radius 2 is 1.83 bits per heavy atom. The smallest absolute Gasteiger partial charge is 0.282 e. The molecule has 0 unspecified atom stereocenters. The van der Waals surface area contributed by atoms with Gasteiger partial charge < -0.3 is 4.98 Å². The van der Waals surface area contributed by atoms with Crippen molar-refractivity contribution in [2.75, 3.05) is 0 Å². The molecule has 23 heavy (non-hydrogen) atoms. The predicted molar refractivity (Wildman–Crippen MR) is 101 cm³/mol. The molecule has 3 rings (SSSR count). The van der Waals surface area contributed by atoms with E-state index >= 15 is 0 Å². The van der Waals surface area contributed by atoms with Gasteiger partial charge in [0, 0.05) is 4.48 Å². The molecule has 0 radical (unpaired) electrons. The Kier molecular flexibility index (Phi) is 4.64. The highest BCUT2D eigenvalue weighted by Gasteiger charge is 2.03. The molecule has 4 nitrogen and oxygen atoms in total. The predicted octanol–water partition coefficient (Wildman–Crippen LogP) is 4.33. The zero-order valence-electron chi connectivity index (χ0n) is 11.9. The Balaban J connectivity index is 2.00. The summed E-state index contributed by atoms with van der Waals surface area (Å²) in [5, 5.41) is 4.72. The molecule has 1 aromatic heterocycles. The quantitative estimate of drug-likeness (QED) is 0.538. The van der Waals surface area contributed by atoms with Gasteiger partial charge in [0.05, 0.1) is 17.1 Å². The molecule has 0 saturated heterocycles. The average molecular weight is 386 g/mol. The van der Waals surface area contributed by atoms with E-state index < -0.39 is 0 Å². The molecule has 0 fully saturated rings. The number of hydrogen-bond acceptors (Lipinski definition) is 3. The number of hydrogen-bond donors (Lipinski definition) is 1. The summed E-state index contributed by atoms with van der Waals surface area (Å²) in [4.78, 5) is 15.4. The van der Waals surface area contributed by atoms with Crippen molar-refractivity contribution in [1.29, 1.82) is 0 Å². The third-order valence-corrected chi connectivity index (χ3v) is 3.89. The highest BCUT2D eigenvalue weighted by molar-refractivity contribution is 9.12. The molecule has 1 heterocycles. The van der Waals surface area contributed by atoms with Gasteiger partial charge in [-0.1, -0.05) is 42.5 Å². The maximum Gasteiger partial charge on any atom is 0.282 e. The van der Waals surface area contributed by atoms with E-state index in [1.54, 1.807) is 18.3 Å². The van der Waals surface area contributed by atoms with Crippen LogP contribution in [0.1, 0.15) is 5.56 Å². The van der Waals surface area contributed by atoms with Crippen LogP contribution in [0.2, 0.25) is 0 Å². The second kappa shape index (κ2) is 6.85. The third kappa shape index (κ3) is 3.55. The zero-order chi connectivity index (χ0) is 16.2. The number of H-pyrrole nitrogens is 1. The molecule has 3 aromatic rings. The van der Waals surface area contributed by atoms with E-state index in [2.05, 4.69) is 26.0 Å². The van der Waals surface area contributed by atoms with Crippen LogP contribution in [0.4, 0.5) is 0 Å². The molecular formula is C17H12BrN3OS. The van der Waals surface area contributed by atoms with Gasteiger partial charge >= 0.3 is 0 Å². The summed E-state index contributed by atoms with van der Waals surface area (Å²) >= 11 is 8.63. The van der Waals surface area contributed by atoms with E-state index in [-0.39, 0.29) is 10.3 Å². The van der Waals surface area contributed by atoms with E-state index in [1.165, 1.54) is 4.68 Å². The normalized spacial score (nSPS) is 12.1. The maximum atomic E-state index is 12.4. The third-order valence-electron chi connectivity index (χ3n) is 3.18. The van der Waals surface area contributed by atoms with Gasteiger partial charge in [0.25, 0.3) is 5.56 Å². The summed E-state index contributed by atoms with van der Waals surface area (Å²) in [6.45, 7) is 0. The number of aromatic amines is 1. The van der Waals surface area contributed by atoms with Crippen molar-refractivity contribution in [1.82, 2.24) is 9.66 Å². The standard InChI is InChI=1S/C17H12BrN3OS/c18-13(10-12-6-2-1-3-7-12)11-19-21-16(22)14-8-4-5-9-15(14)20-17(21)23/h1-11H,(H,20,23)/b13-10-,19-11-. The fourth-order valence-electron chi connectivity index (χ4n) is 2.12. The zero-order valence-corrected chi connectivity index (χ0v) is 14.3. The Morgan fingerprint density at radius 1 is 1.13 bits per heavy atom. The number of allylic oxidation sites excluding steroid dienone is 1. The lowest BCUT2D eigenvalue weighted by Crippen LogP contribution is -2.18. The molecule has 0 aliphatic heterocycles. The molecule has 2 aromatic carbocycles. The Morgan fingerprint density at radius 3 is 2.61 bits per heavy atom. The summed E-state index contributed by atoms with van der Waals surface area (Å²) in [6, 6.07) is 17.0. The van der Waals surface area contributed by atoms with E-state index in [0.29, 0.717) is 10.9 Å². The lowest BCUT2D eigenvalue weighted by Gasteiger charge is -2.02. The van der Waals surface area contributed by atoms with Crippen LogP contribution < -0.4 is 5.56 Å². The SMILES string of the molecule is O=c1c2ccccc2[nH]c(=S)n1/N=C\C(Br)=C\c1ccccc1. The van der Waals surface area contributed by atoms with Crippen molar-refractivity contribution in [3.8, 4) is 0 Å². The highest BCUT2D eigenvalue weighted by Crippen LogP contribution is 2.10. The highest BCUT2D eigenvalue weighted by atomic mass is 79.9. The molecule has 0 spiro atoms. The van der Waals surface area contributed by atoms with Gasteiger partial charge in [-0.3, -0.25) is 4.79 Å². The van der Waals surface area contributed by atoms with Crippen molar-refractivity contribution in [2.45, 2.75) is 0 Å². The first-order valence-electron chi connectivity index (χ1n) is 6.86. The molecule has 0 aliphatic rings. The molecular weight excluding hydrogens is 374 g/mol. The number of halogens is 1. The van der Waals surface area contributed by atoms with Crippen molar-refractivity contribution in [2.24, 2.45) is 5.10 Å². The van der Waals surface area contributed by atoms with E-state index in [0.717, 1.165) is 10.0 Å². The summed E-state index contributed by atoms with van der Waals surface area (Å²) < 4.78 is 2.17. The lowest BCUT2D eigenvalue weighted by atomic mass is 10.2. The summed E-state index contributed by atoms with van der Waals surface area (Å²) in [5.74, 6) is 0. The van der Waals surface area contributed by atoms with Gasteiger partial charge in [-0.2, -0.15) is 9.78 Å². The number of nitrogens with zero attached hydrogens (tertiary/aromatic N) is 2. The van der Waals surface area contributed by atoms with Crippen LogP contribution in [0.3, 0.4) is 0 Å². The Hall–Kier alpha value is -2.31. The van der Waals surface area contributed by atoms with Crippen molar-refractivity contribution in [3.63, 3.8) is 0 Å². The lowest BCUT2D eigenvalue weighted by molar-refractivity contribution is 0.800. The van der Waals surface area contributed by atoms with Crippen LogP contribution >= 0.6 is 28.1 Å². The van der Waals surface area contributed by atoms with E-state index in [9.17, 15) is 4.79 Å². The minimum absolute atomic E-state index is 0.249. The Bertz CT molecular complexity index is 1020. The fourth-order valence-corrected chi connectivity index (χ4v) is 2.71. The molecule has 0 saturated carbocycles. The minimum Gasteiger partial charge on any atom is -0.330 e.